The summed E-state index contributed by atoms with van der Waals surface area (Å²) in [6.45, 7) is 5.17. The van der Waals surface area contributed by atoms with Gasteiger partial charge in [0, 0.05) is 35.3 Å². The third-order valence-electron chi connectivity index (χ3n) is 5.73. The lowest BCUT2D eigenvalue weighted by Crippen LogP contribution is -2.43. The van der Waals surface area contributed by atoms with Gasteiger partial charge in [0.15, 0.2) is 5.96 Å². The summed E-state index contributed by atoms with van der Waals surface area (Å²) < 4.78 is 0. The highest BCUT2D eigenvalue weighted by Crippen LogP contribution is 2.37. The highest BCUT2D eigenvalue weighted by molar-refractivity contribution is 14.0. The zero-order chi connectivity index (χ0) is 18.4. The highest BCUT2D eigenvalue weighted by Gasteiger charge is 2.31. The van der Waals surface area contributed by atoms with Gasteiger partial charge in [-0.05, 0) is 76.2 Å². The minimum atomic E-state index is 0. The Balaban J connectivity index is 0.00000261. The van der Waals surface area contributed by atoms with Crippen molar-refractivity contribution >= 4 is 53.0 Å². The van der Waals surface area contributed by atoms with Crippen molar-refractivity contribution in [2.75, 3.05) is 32.9 Å². The predicted octanol–water partition coefficient (Wildman–Crippen LogP) is 4.59. The van der Waals surface area contributed by atoms with Gasteiger partial charge in [0.05, 0.1) is 0 Å². The number of aliphatic imine (C=N–C) groups is 1. The molecule has 1 saturated carbocycles. The van der Waals surface area contributed by atoms with E-state index in [4.69, 9.17) is 4.99 Å². The first-order valence-electron chi connectivity index (χ1n) is 10.0. The first-order valence-corrected chi connectivity index (χ1v) is 12.2. The van der Waals surface area contributed by atoms with Crippen molar-refractivity contribution in [3.63, 3.8) is 0 Å². The van der Waals surface area contributed by atoms with Gasteiger partial charge in [-0.1, -0.05) is 6.07 Å². The summed E-state index contributed by atoms with van der Waals surface area (Å²) in [5.41, 5.74) is 0. The van der Waals surface area contributed by atoms with Gasteiger partial charge >= 0.3 is 0 Å². The van der Waals surface area contributed by atoms with E-state index >= 15 is 0 Å². The average molecular weight is 523 g/mol. The summed E-state index contributed by atoms with van der Waals surface area (Å²) in [4.78, 5) is 9.03. The average Bonchev–Trinajstić information content (AvgIpc) is 3.31. The third kappa shape index (κ3) is 6.51. The standard InChI is InChI=1S/C20H34N4S2.HI/c1-4-21-20(23-16-9-10-17(13-16)25-3)22-14-15-7-5-11-24(2)19(15)18-8-6-12-26-18;/h6,8,12,15-17,19H,4-5,7,9-11,13-14H2,1-3H3,(H2,21,22,23);1H. The van der Waals surface area contributed by atoms with E-state index in [1.165, 1.54) is 43.5 Å². The van der Waals surface area contributed by atoms with Crippen molar-refractivity contribution in [2.24, 2.45) is 10.9 Å². The second kappa shape index (κ2) is 11.9. The van der Waals surface area contributed by atoms with Crippen LogP contribution in [0.4, 0.5) is 0 Å². The molecule has 2 fully saturated rings. The number of halogens is 1. The number of thiophene rings is 1. The first kappa shape index (κ1) is 23.3. The van der Waals surface area contributed by atoms with Gasteiger partial charge in [-0.3, -0.25) is 9.89 Å². The molecule has 1 aromatic heterocycles. The Morgan fingerprint density at radius 3 is 2.89 bits per heavy atom. The molecule has 0 aromatic carbocycles. The Morgan fingerprint density at radius 1 is 1.37 bits per heavy atom. The van der Waals surface area contributed by atoms with E-state index in [-0.39, 0.29) is 24.0 Å². The van der Waals surface area contributed by atoms with Crippen molar-refractivity contribution in [3.8, 4) is 0 Å². The zero-order valence-electron chi connectivity index (χ0n) is 16.8. The number of nitrogens with zero attached hydrogens (tertiary/aromatic N) is 2. The molecule has 7 heteroatoms. The third-order valence-corrected chi connectivity index (χ3v) is 7.77. The molecule has 3 rings (SSSR count). The molecule has 2 heterocycles. The number of rotatable bonds is 6. The topological polar surface area (TPSA) is 39.7 Å². The van der Waals surface area contributed by atoms with E-state index in [2.05, 4.69) is 53.3 Å². The second-order valence-electron chi connectivity index (χ2n) is 7.57. The molecular weight excluding hydrogens is 487 g/mol. The van der Waals surface area contributed by atoms with Crippen LogP contribution in [0, 0.1) is 5.92 Å². The molecule has 0 radical (unpaired) electrons. The Bertz CT molecular complexity index is 566. The molecule has 1 saturated heterocycles. The molecule has 2 aliphatic rings. The molecule has 4 unspecified atom stereocenters. The number of hydrogen-bond acceptors (Lipinski definition) is 4. The maximum absolute atomic E-state index is 5.01. The van der Waals surface area contributed by atoms with E-state index in [1.54, 1.807) is 0 Å². The smallest absolute Gasteiger partial charge is 0.191 e. The van der Waals surface area contributed by atoms with Gasteiger partial charge in [0.2, 0.25) is 0 Å². The molecular formula is C20H35IN4S2. The molecule has 1 aliphatic carbocycles. The van der Waals surface area contributed by atoms with Gasteiger partial charge in [0.1, 0.15) is 0 Å². The van der Waals surface area contributed by atoms with Crippen LogP contribution >= 0.6 is 47.1 Å². The van der Waals surface area contributed by atoms with Gasteiger partial charge in [-0.25, -0.2) is 0 Å². The zero-order valence-corrected chi connectivity index (χ0v) is 20.8. The van der Waals surface area contributed by atoms with Crippen LogP contribution < -0.4 is 10.6 Å². The number of piperidine rings is 1. The van der Waals surface area contributed by atoms with E-state index in [0.717, 1.165) is 24.3 Å². The number of likely N-dealkylation sites (tertiary alicyclic amines) is 1. The minimum absolute atomic E-state index is 0. The van der Waals surface area contributed by atoms with Crippen molar-refractivity contribution in [1.29, 1.82) is 0 Å². The van der Waals surface area contributed by atoms with E-state index < -0.39 is 0 Å². The summed E-state index contributed by atoms with van der Waals surface area (Å²) in [5, 5.41) is 10.2. The van der Waals surface area contributed by atoms with Crippen LogP contribution in [0.15, 0.2) is 22.5 Å². The lowest BCUT2D eigenvalue weighted by molar-refractivity contribution is 0.128. The highest BCUT2D eigenvalue weighted by atomic mass is 127. The van der Waals surface area contributed by atoms with Gasteiger partial charge in [-0.2, -0.15) is 11.8 Å². The summed E-state index contributed by atoms with van der Waals surface area (Å²) in [6, 6.07) is 5.56. The number of thioether (sulfide) groups is 1. The molecule has 0 spiro atoms. The van der Waals surface area contributed by atoms with Gasteiger partial charge < -0.3 is 10.6 Å². The number of nitrogens with one attached hydrogen (secondary N) is 2. The molecule has 1 aromatic rings. The molecule has 4 atom stereocenters. The Labute approximate surface area is 190 Å². The molecule has 154 valence electrons. The maximum Gasteiger partial charge on any atom is 0.191 e. The Hall–Kier alpha value is 0.01000. The van der Waals surface area contributed by atoms with Crippen LogP contribution in [0.3, 0.4) is 0 Å². The molecule has 2 N–H and O–H groups in total. The van der Waals surface area contributed by atoms with Crippen LogP contribution in [-0.2, 0) is 0 Å². The molecule has 4 nitrogen and oxygen atoms in total. The van der Waals surface area contributed by atoms with Crippen LogP contribution in [0.25, 0.3) is 0 Å². The van der Waals surface area contributed by atoms with Crippen molar-refractivity contribution in [2.45, 2.75) is 56.4 Å². The van der Waals surface area contributed by atoms with Crippen LogP contribution in [-0.4, -0.2) is 55.1 Å². The fourth-order valence-electron chi connectivity index (χ4n) is 4.37. The molecule has 27 heavy (non-hydrogen) atoms. The van der Waals surface area contributed by atoms with Gasteiger partial charge in [-0.15, -0.1) is 35.3 Å². The normalized spacial score (nSPS) is 29.4. The summed E-state index contributed by atoms with van der Waals surface area (Å²) in [5.74, 6) is 1.61. The summed E-state index contributed by atoms with van der Waals surface area (Å²) in [6.07, 6.45) is 8.63. The van der Waals surface area contributed by atoms with Crippen molar-refractivity contribution in [3.05, 3.63) is 22.4 Å². The van der Waals surface area contributed by atoms with Crippen LogP contribution in [0.2, 0.25) is 0 Å². The number of hydrogen-bond donors (Lipinski definition) is 2. The summed E-state index contributed by atoms with van der Waals surface area (Å²) >= 11 is 3.89. The first-order chi connectivity index (χ1) is 12.7. The quantitative estimate of drug-likeness (QED) is 0.326. The largest absolute Gasteiger partial charge is 0.357 e. The fraction of sp³-hybridized carbons (Fsp3) is 0.750. The second-order valence-corrected chi connectivity index (χ2v) is 9.69. The Kier molecular flexibility index (Phi) is 10.2. The van der Waals surface area contributed by atoms with Crippen LogP contribution in [0.1, 0.15) is 49.9 Å². The van der Waals surface area contributed by atoms with Crippen molar-refractivity contribution in [1.82, 2.24) is 15.5 Å². The maximum atomic E-state index is 5.01. The van der Waals surface area contributed by atoms with Crippen LogP contribution in [0.5, 0.6) is 0 Å². The van der Waals surface area contributed by atoms with Crippen molar-refractivity contribution < 1.29 is 0 Å². The van der Waals surface area contributed by atoms with E-state index in [1.807, 2.05) is 23.1 Å². The summed E-state index contributed by atoms with van der Waals surface area (Å²) in [7, 11) is 2.27. The fourth-order valence-corrected chi connectivity index (χ4v) is 6.15. The lowest BCUT2D eigenvalue weighted by Gasteiger charge is -2.38. The molecule has 0 bridgehead atoms. The Morgan fingerprint density at radius 2 is 2.22 bits per heavy atom. The molecule has 1 aliphatic heterocycles. The van der Waals surface area contributed by atoms with Gasteiger partial charge in [0.25, 0.3) is 0 Å². The number of guanidine groups is 1. The predicted molar refractivity (Wildman–Crippen MR) is 132 cm³/mol. The van der Waals surface area contributed by atoms with E-state index in [0.29, 0.717) is 18.0 Å². The van der Waals surface area contributed by atoms with E-state index in [9.17, 15) is 0 Å². The lowest BCUT2D eigenvalue weighted by atomic mass is 9.88. The SMILES string of the molecule is CCNC(=NCC1CCCN(C)C1c1cccs1)NC1CCC(SC)C1.I. The molecule has 0 amide bonds. The minimum Gasteiger partial charge on any atom is -0.357 e. The monoisotopic (exact) mass is 522 g/mol.